The summed E-state index contributed by atoms with van der Waals surface area (Å²) >= 11 is 1.07. The van der Waals surface area contributed by atoms with Crippen molar-refractivity contribution in [2.45, 2.75) is 13.8 Å². The van der Waals surface area contributed by atoms with Crippen LogP contribution in [-0.2, 0) is 9.53 Å². The maximum Gasteiger partial charge on any atom is 0.344 e. The van der Waals surface area contributed by atoms with Gasteiger partial charge in [0.2, 0.25) is 0 Å². The molecule has 0 radical (unpaired) electrons. The maximum absolute atomic E-state index is 13.1. The smallest absolute Gasteiger partial charge is 0.344 e. The van der Waals surface area contributed by atoms with Crippen LogP contribution in [0.2, 0.25) is 0 Å². The number of aliphatic imine (C=N–C) groups is 1. The minimum absolute atomic E-state index is 0.0606. The lowest BCUT2D eigenvalue weighted by molar-refractivity contribution is -0.138. The largest absolute Gasteiger partial charge is 0.507 e. The Hall–Kier alpha value is -3.06. The first-order valence-electron chi connectivity index (χ1n) is 8.54. The molecule has 144 valence electrons. The Bertz CT molecular complexity index is 1010. The van der Waals surface area contributed by atoms with E-state index in [1.54, 1.807) is 38.1 Å². The number of aliphatic hydroxyl groups excluding tert-OH is 1. The van der Waals surface area contributed by atoms with Gasteiger partial charge in [-0.1, -0.05) is 30.0 Å². The van der Waals surface area contributed by atoms with Gasteiger partial charge in [-0.3, -0.25) is 0 Å². The SMILES string of the molecule is CCOC(=O)C1=C(O)C(=Cc2cccc(C)c2O)SC1=Nc1ccc(F)cc1. The number of hydrogen-bond donors (Lipinski definition) is 2. The molecule has 0 spiro atoms. The highest BCUT2D eigenvalue weighted by Crippen LogP contribution is 2.41. The summed E-state index contributed by atoms with van der Waals surface area (Å²) in [6.07, 6.45) is 1.58. The Balaban J connectivity index is 2.07. The number of aromatic hydroxyl groups is 1. The predicted octanol–water partition coefficient (Wildman–Crippen LogP) is 5.03. The summed E-state index contributed by atoms with van der Waals surface area (Å²) in [7, 11) is 0. The third kappa shape index (κ3) is 4.09. The summed E-state index contributed by atoms with van der Waals surface area (Å²) in [5.41, 5.74) is 1.56. The third-order valence-corrected chi connectivity index (χ3v) is 5.00. The second kappa shape index (κ2) is 8.31. The molecule has 5 nitrogen and oxygen atoms in total. The van der Waals surface area contributed by atoms with Gasteiger partial charge < -0.3 is 14.9 Å². The quantitative estimate of drug-likeness (QED) is 0.705. The van der Waals surface area contributed by atoms with Gasteiger partial charge in [0, 0.05) is 5.56 Å². The molecule has 3 rings (SSSR count). The first kappa shape index (κ1) is 19.7. The zero-order valence-corrected chi connectivity index (χ0v) is 16.1. The van der Waals surface area contributed by atoms with E-state index in [1.165, 1.54) is 24.3 Å². The predicted molar refractivity (Wildman–Crippen MR) is 108 cm³/mol. The number of ether oxygens (including phenoxy) is 1. The highest BCUT2D eigenvalue weighted by atomic mass is 32.2. The molecule has 1 aliphatic heterocycles. The molecular formula is C21H18FNO4S. The van der Waals surface area contributed by atoms with Gasteiger partial charge >= 0.3 is 5.97 Å². The van der Waals surface area contributed by atoms with Gasteiger partial charge in [-0.15, -0.1) is 0 Å². The van der Waals surface area contributed by atoms with Crippen molar-refractivity contribution in [3.8, 4) is 5.75 Å². The highest BCUT2D eigenvalue weighted by molar-refractivity contribution is 8.18. The molecule has 2 aromatic carbocycles. The van der Waals surface area contributed by atoms with Gasteiger partial charge in [-0.2, -0.15) is 0 Å². The summed E-state index contributed by atoms with van der Waals surface area (Å²) in [6, 6.07) is 10.7. The van der Waals surface area contributed by atoms with E-state index in [2.05, 4.69) is 4.99 Å². The molecule has 0 unspecified atom stereocenters. The zero-order valence-electron chi connectivity index (χ0n) is 15.3. The fourth-order valence-electron chi connectivity index (χ4n) is 2.56. The van der Waals surface area contributed by atoms with Crippen molar-refractivity contribution in [1.29, 1.82) is 0 Å². The number of esters is 1. The molecule has 0 fully saturated rings. The standard InChI is InChI=1S/C21H18FNO4S/c1-3-27-21(26)17-19(25)16(11-13-6-4-5-12(2)18(13)24)28-20(17)23-15-9-7-14(22)8-10-15/h4-11,24-25H,3H2,1-2H3. The van der Waals surface area contributed by atoms with Gasteiger partial charge in [0.1, 0.15) is 27.9 Å². The lowest BCUT2D eigenvalue weighted by Crippen LogP contribution is -2.12. The van der Waals surface area contributed by atoms with E-state index in [9.17, 15) is 19.4 Å². The second-order valence-electron chi connectivity index (χ2n) is 5.96. The van der Waals surface area contributed by atoms with E-state index in [0.717, 1.165) is 11.8 Å². The number of halogens is 1. The molecule has 2 aromatic rings. The van der Waals surface area contributed by atoms with Crippen LogP contribution in [0.5, 0.6) is 5.75 Å². The number of phenolic OH excluding ortho intramolecular Hbond substituents is 1. The van der Waals surface area contributed by atoms with Crippen LogP contribution in [0.15, 0.2) is 63.7 Å². The maximum atomic E-state index is 13.1. The molecule has 0 aliphatic carbocycles. The Morgan fingerprint density at radius 2 is 1.93 bits per heavy atom. The summed E-state index contributed by atoms with van der Waals surface area (Å²) in [5, 5.41) is 21.1. The molecule has 1 heterocycles. The van der Waals surface area contributed by atoms with Crippen LogP contribution in [0.3, 0.4) is 0 Å². The van der Waals surface area contributed by atoms with E-state index in [0.29, 0.717) is 21.7 Å². The number of phenols is 1. The number of benzene rings is 2. The Morgan fingerprint density at radius 3 is 2.61 bits per heavy atom. The number of thioether (sulfide) groups is 1. The normalized spacial score (nSPS) is 16.8. The van der Waals surface area contributed by atoms with E-state index in [1.807, 2.05) is 0 Å². The Morgan fingerprint density at radius 1 is 1.21 bits per heavy atom. The minimum atomic E-state index is -0.703. The van der Waals surface area contributed by atoms with Crippen LogP contribution in [-0.4, -0.2) is 27.8 Å². The van der Waals surface area contributed by atoms with Crippen molar-refractivity contribution >= 4 is 34.5 Å². The van der Waals surface area contributed by atoms with Crippen LogP contribution in [0.25, 0.3) is 6.08 Å². The average Bonchev–Trinajstić information content (AvgIpc) is 2.96. The van der Waals surface area contributed by atoms with E-state index < -0.39 is 11.8 Å². The first-order valence-corrected chi connectivity index (χ1v) is 9.35. The molecule has 0 amide bonds. The number of aryl methyl sites for hydroxylation is 1. The average molecular weight is 399 g/mol. The molecule has 7 heteroatoms. The van der Waals surface area contributed by atoms with Crippen molar-refractivity contribution in [1.82, 2.24) is 0 Å². The van der Waals surface area contributed by atoms with Crippen molar-refractivity contribution in [3.05, 3.63) is 75.6 Å². The Labute approximate surface area is 165 Å². The summed E-state index contributed by atoms with van der Waals surface area (Å²) in [5.74, 6) is -1.29. The van der Waals surface area contributed by atoms with Crippen molar-refractivity contribution in [2.75, 3.05) is 6.61 Å². The molecule has 0 saturated heterocycles. The van der Waals surface area contributed by atoms with Crippen LogP contribution in [0.4, 0.5) is 10.1 Å². The molecule has 28 heavy (non-hydrogen) atoms. The van der Waals surface area contributed by atoms with Crippen LogP contribution in [0, 0.1) is 12.7 Å². The van der Waals surface area contributed by atoms with Crippen LogP contribution < -0.4 is 0 Å². The number of para-hydroxylation sites is 1. The fourth-order valence-corrected chi connectivity index (χ4v) is 3.59. The lowest BCUT2D eigenvalue weighted by Gasteiger charge is -2.04. The summed E-state index contributed by atoms with van der Waals surface area (Å²) in [4.78, 5) is 17.1. The van der Waals surface area contributed by atoms with Crippen LogP contribution in [0.1, 0.15) is 18.1 Å². The number of nitrogens with zero attached hydrogens (tertiary/aromatic N) is 1. The third-order valence-electron chi connectivity index (χ3n) is 3.98. The fraction of sp³-hybridized carbons (Fsp3) is 0.143. The topological polar surface area (TPSA) is 79.1 Å². The molecule has 1 aliphatic rings. The minimum Gasteiger partial charge on any atom is -0.507 e. The molecule has 0 atom stereocenters. The van der Waals surface area contributed by atoms with E-state index in [-0.39, 0.29) is 28.7 Å². The van der Waals surface area contributed by atoms with Crippen LogP contribution >= 0.6 is 11.8 Å². The van der Waals surface area contributed by atoms with Gasteiger partial charge in [-0.25, -0.2) is 14.2 Å². The number of rotatable bonds is 4. The molecule has 0 saturated carbocycles. The number of aliphatic hydroxyl groups is 1. The van der Waals surface area contributed by atoms with Crippen molar-refractivity contribution in [2.24, 2.45) is 4.99 Å². The van der Waals surface area contributed by atoms with Crippen molar-refractivity contribution in [3.63, 3.8) is 0 Å². The van der Waals surface area contributed by atoms with Gasteiger partial charge in [0.25, 0.3) is 0 Å². The van der Waals surface area contributed by atoms with Gasteiger partial charge in [0.15, 0.2) is 0 Å². The number of hydrogen-bond acceptors (Lipinski definition) is 6. The Kier molecular flexibility index (Phi) is 5.84. The van der Waals surface area contributed by atoms with Gasteiger partial charge in [0.05, 0.1) is 17.2 Å². The molecule has 2 N–H and O–H groups in total. The summed E-state index contributed by atoms with van der Waals surface area (Å²) in [6.45, 7) is 3.57. The highest BCUT2D eigenvalue weighted by Gasteiger charge is 2.33. The van der Waals surface area contributed by atoms with Crippen molar-refractivity contribution < 1.29 is 24.1 Å². The molecule has 0 bridgehead atoms. The first-order chi connectivity index (χ1) is 13.4. The van der Waals surface area contributed by atoms with E-state index in [4.69, 9.17) is 4.74 Å². The van der Waals surface area contributed by atoms with E-state index >= 15 is 0 Å². The van der Waals surface area contributed by atoms with Gasteiger partial charge in [-0.05, 0) is 49.8 Å². The second-order valence-corrected chi connectivity index (χ2v) is 6.99. The number of carbonyl (C=O) groups excluding carboxylic acids is 1. The monoisotopic (exact) mass is 399 g/mol. The zero-order chi connectivity index (χ0) is 20.3. The summed E-state index contributed by atoms with van der Waals surface area (Å²) < 4.78 is 18.2. The molecule has 0 aromatic heterocycles. The number of carbonyl (C=O) groups is 1. The molecular weight excluding hydrogens is 381 g/mol. The lowest BCUT2D eigenvalue weighted by atomic mass is 10.1.